The highest BCUT2D eigenvalue weighted by molar-refractivity contribution is 7.89. The SMILES string of the molecule is COc1ccc2c(c1)OC(C)(C)C[C@H]2NS(=O)(=O)c1ccc(OC)c(N2C(=O)CCC2=O)c1. The van der Waals surface area contributed by atoms with E-state index in [2.05, 4.69) is 4.72 Å². The fourth-order valence-corrected chi connectivity index (χ4v) is 5.41. The average Bonchev–Trinajstić information content (AvgIpc) is 3.09. The number of nitrogens with zero attached hydrogens (tertiary/aromatic N) is 1. The maximum atomic E-state index is 13.4. The Balaban J connectivity index is 1.71. The number of fused-ring (bicyclic) bond motifs is 1. The molecule has 0 unspecified atom stereocenters. The standard InChI is InChI=1S/C23H26N2O7S/c1-23(2)13-17(16-7-5-14(30-3)11-20(16)32-23)24-33(28,29)15-6-8-19(31-4)18(12-15)25-21(26)9-10-22(25)27/h5-8,11-12,17,24H,9-10,13H2,1-4H3/t17-/m1/s1. The van der Waals surface area contributed by atoms with E-state index >= 15 is 0 Å². The first-order chi connectivity index (χ1) is 15.5. The maximum Gasteiger partial charge on any atom is 0.241 e. The third-order valence-corrected chi connectivity index (χ3v) is 7.20. The largest absolute Gasteiger partial charge is 0.497 e. The van der Waals surface area contributed by atoms with Gasteiger partial charge in [0, 0.05) is 30.9 Å². The third kappa shape index (κ3) is 4.40. The third-order valence-electron chi connectivity index (χ3n) is 5.73. The van der Waals surface area contributed by atoms with Crippen LogP contribution in [0.3, 0.4) is 0 Å². The molecule has 1 saturated heterocycles. The van der Waals surface area contributed by atoms with Crippen LogP contribution in [-0.4, -0.2) is 40.1 Å². The number of hydrogen-bond donors (Lipinski definition) is 1. The van der Waals surface area contributed by atoms with Crippen molar-refractivity contribution in [2.75, 3.05) is 19.1 Å². The lowest BCUT2D eigenvalue weighted by Gasteiger charge is -2.37. The van der Waals surface area contributed by atoms with Gasteiger partial charge in [-0.05, 0) is 38.1 Å². The zero-order valence-electron chi connectivity index (χ0n) is 18.9. The van der Waals surface area contributed by atoms with Gasteiger partial charge >= 0.3 is 0 Å². The van der Waals surface area contributed by atoms with Crippen LogP contribution in [0.5, 0.6) is 17.2 Å². The van der Waals surface area contributed by atoms with Crippen LogP contribution in [0.25, 0.3) is 0 Å². The lowest BCUT2D eigenvalue weighted by molar-refractivity contribution is -0.121. The molecule has 1 fully saturated rings. The second-order valence-electron chi connectivity index (χ2n) is 8.60. The van der Waals surface area contributed by atoms with Crippen molar-refractivity contribution < 1.29 is 32.2 Å². The van der Waals surface area contributed by atoms with Crippen molar-refractivity contribution in [3.8, 4) is 17.2 Å². The van der Waals surface area contributed by atoms with Crippen molar-refractivity contribution in [1.82, 2.24) is 4.72 Å². The Labute approximate surface area is 192 Å². The molecular formula is C23H26N2O7S. The van der Waals surface area contributed by atoms with Crippen molar-refractivity contribution in [2.24, 2.45) is 0 Å². The molecule has 2 heterocycles. The molecule has 0 spiro atoms. The summed E-state index contributed by atoms with van der Waals surface area (Å²) in [5.74, 6) is 0.599. The first-order valence-electron chi connectivity index (χ1n) is 10.5. The van der Waals surface area contributed by atoms with Gasteiger partial charge in [-0.15, -0.1) is 0 Å². The second-order valence-corrected chi connectivity index (χ2v) is 10.3. The first kappa shape index (κ1) is 23.1. The zero-order valence-corrected chi connectivity index (χ0v) is 19.7. The summed E-state index contributed by atoms with van der Waals surface area (Å²) in [6.07, 6.45) is 0.556. The van der Waals surface area contributed by atoms with E-state index in [9.17, 15) is 18.0 Å². The molecule has 2 aromatic carbocycles. The van der Waals surface area contributed by atoms with Crippen molar-refractivity contribution >= 4 is 27.5 Å². The number of benzene rings is 2. The number of nitrogens with one attached hydrogen (secondary N) is 1. The summed E-state index contributed by atoms with van der Waals surface area (Å²) in [6, 6.07) is 8.82. The van der Waals surface area contributed by atoms with Crippen molar-refractivity contribution in [3.05, 3.63) is 42.0 Å². The Morgan fingerprint density at radius 1 is 1.03 bits per heavy atom. The molecule has 0 aliphatic carbocycles. The molecule has 0 radical (unpaired) electrons. The minimum atomic E-state index is -4.02. The Morgan fingerprint density at radius 2 is 1.73 bits per heavy atom. The van der Waals surface area contributed by atoms with Crippen LogP contribution >= 0.6 is 0 Å². The molecule has 10 heteroatoms. The molecule has 0 saturated carbocycles. The highest BCUT2D eigenvalue weighted by Crippen LogP contribution is 2.42. The topological polar surface area (TPSA) is 111 Å². The van der Waals surface area contributed by atoms with Gasteiger partial charge in [-0.3, -0.25) is 9.59 Å². The number of anilines is 1. The number of rotatable bonds is 6. The molecule has 2 aliphatic heterocycles. The van der Waals surface area contributed by atoms with Gasteiger partial charge in [0.2, 0.25) is 21.8 Å². The predicted octanol–water partition coefficient (Wildman–Crippen LogP) is 2.94. The lowest BCUT2D eigenvalue weighted by atomic mass is 9.90. The predicted molar refractivity (Wildman–Crippen MR) is 120 cm³/mol. The van der Waals surface area contributed by atoms with Crippen molar-refractivity contribution in [3.63, 3.8) is 0 Å². The van der Waals surface area contributed by atoms with Gasteiger partial charge in [0.25, 0.3) is 0 Å². The monoisotopic (exact) mass is 474 g/mol. The Hall–Kier alpha value is -3.11. The molecule has 176 valence electrons. The van der Waals surface area contributed by atoms with Crippen LogP contribution in [0.4, 0.5) is 5.69 Å². The molecular weight excluding hydrogens is 448 g/mol. The van der Waals surface area contributed by atoms with Gasteiger partial charge in [-0.2, -0.15) is 0 Å². The van der Waals surface area contributed by atoms with Crippen LogP contribution in [0, 0.1) is 0 Å². The van der Waals surface area contributed by atoms with E-state index in [4.69, 9.17) is 14.2 Å². The lowest BCUT2D eigenvalue weighted by Crippen LogP contribution is -2.41. The van der Waals surface area contributed by atoms with Gasteiger partial charge in [0.15, 0.2) is 0 Å². The number of imide groups is 1. The van der Waals surface area contributed by atoms with Gasteiger partial charge in [-0.25, -0.2) is 18.0 Å². The van der Waals surface area contributed by atoms with Crippen LogP contribution in [0.15, 0.2) is 41.3 Å². The summed E-state index contributed by atoms with van der Waals surface area (Å²) in [5, 5.41) is 0. The van der Waals surface area contributed by atoms with Crippen LogP contribution < -0.4 is 23.8 Å². The van der Waals surface area contributed by atoms with E-state index in [0.29, 0.717) is 23.5 Å². The van der Waals surface area contributed by atoms with E-state index < -0.39 is 33.5 Å². The molecule has 2 aliphatic rings. The number of methoxy groups -OCH3 is 2. The van der Waals surface area contributed by atoms with Crippen LogP contribution in [0.1, 0.15) is 44.7 Å². The quantitative estimate of drug-likeness (QED) is 0.641. The summed E-state index contributed by atoms with van der Waals surface area (Å²) in [6.45, 7) is 3.76. The second kappa shape index (κ2) is 8.35. The molecule has 0 bridgehead atoms. The summed E-state index contributed by atoms with van der Waals surface area (Å²) < 4.78 is 46.1. The number of carbonyl (C=O) groups is 2. The Kier molecular flexibility index (Phi) is 5.83. The van der Waals surface area contributed by atoms with Crippen molar-refractivity contribution in [2.45, 2.75) is 49.6 Å². The average molecular weight is 475 g/mol. The number of ether oxygens (including phenoxy) is 3. The van der Waals surface area contributed by atoms with E-state index in [1.54, 1.807) is 25.3 Å². The van der Waals surface area contributed by atoms with Gasteiger partial charge in [0.1, 0.15) is 22.8 Å². The van der Waals surface area contributed by atoms with Gasteiger partial charge in [-0.1, -0.05) is 6.07 Å². The minimum Gasteiger partial charge on any atom is -0.497 e. The minimum absolute atomic E-state index is 0.0780. The molecule has 2 amide bonds. The first-order valence-corrected chi connectivity index (χ1v) is 12.0. The molecule has 33 heavy (non-hydrogen) atoms. The van der Waals surface area contributed by atoms with Crippen LogP contribution in [0.2, 0.25) is 0 Å². The maximum absolute atomic E-state index is 13.4. The molecule has 1 N–H and O–H groups in total. The number of amides is 2. The van der Waals surface area contributed by atoms with Crippen molar-refractivity contribution in [1.29, 1.82) is 0 Å². The van der Waals surface area contributed by atoms with E-state index in [0.717, 1.165) is 4.90 Å². The fourth-order valence-electron chi connectivity index (χ4n) is 4.18. The Bertz CT molecular complexity index is 1210. The summed E-state index contributed by atoms with van der Waals surface area (Å²) >= 11 is 0. The summed E-state index contributed by atoms with van der Waals surface area (Å²) in [7, 11) is -1.08. The molecule has 0 aromatic heterocycles. The van der Waals surface area contributed by atoms with Gasteiger partial charge < -0.3 is 14.2 Å². The smallest absolute Gasteiger partial charge is 0.241 e. The molecule has 2 aromatic rings. The van der Waals surface area contributed by atoms with Crippen LogP contribution in [-0.2, 0) is 19.6 Å². The number of carbonyl (C=O) groups excluding carboxylic acids is 2. The van der Waals surface area contributed by atoms with E-state index in [-0.39, 0.29) is 29.2 Å². The highest BCUT2D eigenvalue weighted by atomic mass is 32.2. The number of hydrogen-bond acceptors (Lipinski definition) is 7. The molecule has 9 nitrogen and oxygen atoms in total. The zero-order chi connectivity index (χ0) is 24.0. The molecule has 4 rings (SSSR count). The van der Waals surface area contributed by atoms with E-state index in [1.165, 1.54) is 25.3 Å². The normalized spacial score (nSPS) is 19.8. The fraction of sp³-hybridized carbons (Fsp3) is 0.391. The van der Waals surface area contributed by atoms with E-state index in [1.807, 2.05) is 13.8 Å². The van der Waals surface area contributed by atoms with Gasteiger partial charge in [0.05, 0.1) is 30.8 Å². The molecule has 1 atom stereocenters. The summed E-state index contributed by atoms with van der Waals surface area (Å²) in [4.78, 5) is 25.4. The highest BCUT2D eigenvalue weighted by Gasteiger charge is 2.37. The Morgan fingerprint density at radius 3 is 2.36 bits per heavy atom. The number of sulfonamides is 1. The summed E-state index contributed by atoms with van der Waals surface area (Å²) in [5.41, 5.74) is 0.189.